The van der Waals surface area contributed by atoms with E-state index in [4.69, 9.17) is 5.73 Å². The van der Waals surface area contributed by atoms with Crippen molar-refractivity contribution in [2.24, 2.45) is 34.8 Å². The van der Waals surface area contributed by atoms with Gasteiger partial charge in [0.05, 0.1) is 0 Å². The summed E-state index contributed by atoms with van der Waals surface area (Å²) in [6.45, 7) is 0.614. The zero-order valence-corrected chi connectivity index (χ0v) is 11.7. The second kappa shape index (κ2) is 4.21. The van der Waals surface area contributed by atoms with Crippen LogP contribution in [-0.2, 0) is 4.79 Å². The number of hydrogen-bond donors (Lipinski definition) is 2. The van der Waals surface area contributed by atoms with Crippen molar-refractivity contribution in [2.75, 3.05) is 6.54 Å². The quantitative estimate of drug-likeness (QED) is 0.815. The standard InChI is InChI=1S/C16H26N2O/c17-9-14(13-1-2-13)18-15(19)16-6-10-3-11(7-16)5-12(4-10)8-16/h10-14H,1-9,17H2,(H,18,19). The van der Waals surface area contributed by atoms with Crippen molar-refractivity contribution in [1.29, 1.82) is 0 Å². The molecule has 3 N–H and O–H groups in total. The number of carbonyl (C=O) groups is 1. The van der Waals surface area contributed by atoms with Crippen molar-refractivity contribution in [2.45, 2.75) is 57.4 Å². The van der Waals surface area contributed by atoms with Gasteiger partial charge < -0.3 is 11.1 Å². The van der Waals surface area contributed by atoms with Crippen molar-refractivity contribution in [1.82, 2.24) is 5.32 Å². The molecule has 5 saturated carbocycles. The average Bonchev–Trinajstić information content (AvgIpc) is 3.18. The molecule has 0 heterocycles. The third-order valence-electron chi connectivity index (χ3n) is 6.28. The molecule has 5 aliphatic rings. The highest BCUT2D eigenvalue weighted by atomic mass is 16.2. The van der Waals surface area contributed by atoms with Crippen LogP contribution in [0.25, 0.3) is 0 Å². The molecule has 3 nitrogen and oxygen atoms in total. The Bertz CT molecular complexity index is 353. The molecule has 3 heteroatoms. The number of nitrogens with one attached hydrogen (secondary N) is 1. The van der Waals surface area contributed by atoms with Gasteiger partial charge in [-0.15, -0.1) is 0 Å². The van der Waals surface area contributed by atoms with E-state index in [2.05, 4.69) is 5.32 Å². The van der Waals surface area contributed by atoms with Gasteiger partial charge in [-0.05, 0) is 75.0 Å². The Kier molecular flexibility index (Phi) is 2.70. The van der Waals surface area contributed by atoms with Gasteiger partial charge in [-0.2, -0.15) is 0 Å². The first-order chi connectivity index (χ1) is 9.18. The lowest BCUT2D eigenvalue weighted by Gasteiger charge is -2.55. The largest absolute Gasteiger partial charge is 0.351 e. The van der Waals surface area contributed by atoms with Gasteiger partial charge in [-0.1, -0.05) is 0 Å². The summed E-state index contributed by atoms with van der Waals surface area (Å²) in [5.74, 6) is 3.55. The van der Waals surface area contributed by atoms with E-state index in [1.807, 2.05) is 0 Å². The van der Waals surface area contributed by atoms with Gasteiger partial charge in [0.25, 0.3) is 0 Å². The Balaban J connectivity index is 1.49. The lowest BCUT2D eigenvalue weighted by molar-refractivity contribution is -0.147. The first kappa shape index (κ1) is 12.2. The maximum atomic E-state index is 12.8. The molecular weight excluding hydrogens is 236 g/mol. The summed E-state index contributed by atoms with van der Waals surface area (Å²) in [6.07, 6.45) is 10.2. The zero-order valence-electron chi connectivity index (χ0n) is 11.7. The first-order valence-corrected chi connectivity index (χ1v) is 8.19. The van der Waals surface area contributed by atoms with Crippen LogP contribution in [-0.4, -0.2) is 18.5 Å². The Morgan fingerprint density at radius 2 is 1.63 bits per heavy atom. The van der Waals surface area contributed by atoms with Gasteiger partial charge in [0.15, 0.2) is 0 Å². The van der Waals surface area contributed by atoms with E-state index in [0.29, 0.717) is 18.4 Å². The lowest BCUT2D eigenvalue weighted by Crippen LogP contribution is -2.56. The SMILES string of the molecule is NCC(NC(=O)C12CC3CC(CC(C3)C1)C2)C1CC1. The van der Waals surface area contributed by atoms with Crippen molar-refractivity contribution in [3.05, 3.63) is 0 Å². The lowest BCUT2D eigenvalue weighted by atomic mass is 9.49. The fourth-order valence-electron chi connectivity index (χ4n) is 5.58. The Morgan fingerprint density at radius 1 is 1.11 bits per heavy atom. The minimum Gasteiger partial charge on any atom is -0.351 e. The maximum absolute atomic E-state index is 12.8. The summed E-state index contributed by atoms with van der Waals surface area (Å²) in [4.78, 5) is 12.8. The second-order valence-electron chi connectivity index (χ2n) is 7.85. The van der Waals surface area contributed by atoms with Gasteiger partial charge in [-0.3, -0.25) is 4.79 Å². The molecule has 5 rings (SSSR count). The van der Waals surface area contributed by atoms with Crippen LogP contribution in [0.1, 0.15) is 51.4 Å². The minimum absolute atomic E-state index is 0.00292. The number of hydrogen-bond acceptors (Lipinski definition) is 2. The highest BCUT2D eigenvalue weighted by Crippen LogP contribution is 2.60. The molecule has 1 atom stereocenters. The molecule has 0 saturated heterocycles. The Labute approximate surface area is 115 Å². The smallest absolute Gasteiger partial charge is 0.226 e. The summed E-state index contributed by atoms with van der Waals surface area (Å²) in [7, 11) is 0. The molecule has 19 heavy (non-hydrogen) atoms. The van der Waals surface area contributed by atoms with E-state index in [9.17, 15) is 4.79 Å². The Hall–Kier alpha value is -0.570. The predicted octanol–water partition coefficient (Wildman–Crippen LogP) is 2.06. The number of nitrogens with two attached hydrogens (primary N) is 1. The van der Waals surface area contributed by atoms with E-state index in [0.717, 1.165) is 37.0 Å². The fraction of sp³-hybridized carbons (Fsp3) is 0.938. The van der Waals surface area contributed by atoms with Crippen LogP contribution in [0.2, 0.25) is 0 Å². The predicted molar refractivity (Wildman–Crippen MR) is 74.3 cm³/mol. The number of carbonyl (C=O) groups excluding carboxylic acids is 1. The van der Waals surface area contributed by atoms with Gasteiger partial charge in [0.1, 0.15) is 0 Å². The van der Waals surface area contributed by atoms with E-state index >= 15 is 0 Å². The van der Waals surface area contributed by atoms with E-state index in [-0.39, 0.29) is 11.5 Å². The van der Waals surface area contributed by atoms with Crippen molar-refractivity contribution >= 4 is 5.91 Å². The molecule has 0 spiro atoms. The van der Waals surface area contributed by atoms with Crippen molar-refractivity contribution in [3.8, 4) is 0 Å². The van der Waals surface area contributed by atoms with Gasteiger partial charge in [0.2, 0.25) is 5.91 Å². The monoisotopic (exact) mass is 262 g/mol. The molecule has 1 unspecified atom stereocenters. The highest BCUT2D eigenvalue weighted by Gasteiger charge is 2.55. The molecule has 0 radical (unpaired) electrons. The third kappa shape index (κ3) is 2.01. The van der Waals surface area contributed by atoms with Crippen LogP contribution in [0.15, 0.2) is 0 Å². The molecule has 1 amide bonds. The average molecular weight is 262 g/mol. The normalized spacial score (nSPS) is 45.2. The first-order valence-electron chi connectivity index (χ1n) is 8.19. The number of amides is 1. The van der Waals surface area contributed by atoms with E-state index in [1.165, 1.54) is 32.1 Å². The zero-order chi connectivity index (χ0) is 13.0. The molecule has 0 aromatic rings. The van der Waals surface area contributed by atoms with E-state index in [1.54, 1.807) is 0 Å². The van der Waals surface area contributed by atoms with Gasteiger partial charge in [0, 0.05) is 18.0 Å². The molecule has 0 aromatic heterocycles. The summed E-state index contributed by atoms with van der Waals surface area (Å²) in [5.41, 5.74) is 5.84. The third-order valence-corrected chi connectivity index (χ3v) is 6.28. The van der Waals surface area contributed by atoms with Crippen molar-refractivity contribution in [3.63, 3.8) is 0 Å². The fourth-order valence-corrected chi connectivity index (χ4v) is 5.58. The van der Waals surface area contributed by atoms with Gasteiger partial charge >= 0.3 is 0 Å². The summed E-state index contributed by atoms with van der Waals surface area (Å²) in [6, 6.07) is 0.250. The molecule has 5 fully saturated rings. The minimum atomic E-state index is -0.00292. The topological polar surface area (TPSA) is 55.1 Å². The molecular formula is C16H26N2O. The maximum Gasteiger partial charge on any atom is 0.226 e. The molecule has 0 aromatic carbocycles. The van der Waals surface area contributed by atoms with E-state index < -0.39 is 0 Å². The van der Waals surface area contributed by atoms with Crippen LogP contribution >= 0.6 is 0 Å². The van der Waals surface area contributed by atoms with Crippen LogP contribution in [0.3, 0.4) is 0 Å². The summed E-state index contributed by atoms with van der Waals surface area (Å²) in [5, 5.41) is 3.32. The molecule has 0 aliphatic heterocycles. The van der Waals surface area contributed by atoms with Crippen LogP contribution in [0.4, 0.5) is 0 Å². The highest BCUT2D eigenvalue weighted by molar-refractivity contribution is 5.83. The Morgan fingerprint density at radius 3 is 2.05 bits per heavy atom. The molecule has 106 valence electrons. The number of rotatable bonds is 4. The summed E-state index contributed by atoms with van der Waals surface area (Å²) >= 11 is 0. The van der Waals surface area contributed by atoms with Gasteiger partial charge in [-0.25, -0.2) is 0 Å². The molecule has 4 bridgehead atoms. The summed E-state index contributed by atoms with van der Waals surface area (Å²) < 4.78 is 0. The molecule has 5 aliphatic carbocycles. The van der Waals surface area contributed by atoms with Crippen molar-refractivity contribution < 1.29 is 4.79 Å². The van der Waals surface area contributed by atoms with Crippen LogP contribution in [0.5, 0.6) is 0 Å². The second-order valence-corrected chi connectivity index (χ2v) is 7.85. The van der Waals surface area contributed by atoms with Crippen LogP contribution in [0, 0.1) is 29.1 Å². The van der Waals surface area contributed by atoms with Crippen LogP contribution < -0.4 is 11.1 Å².